The summed E-state index contributed by atoms with van der Waals surface area (Å²) in [5.74, 6) is 0.0491. The molecule has 0 fully saturated rings. The summed E-state index contributed by atoms with van der Waals surface area (Å²) in [6.45, 7) is -0.540. The lowest BCUT2D eigenvalue weighted by Gasteiger charge is -2.22. The Hall–Kier alpha value is -1.74. The van der Waals surface area contributed by atoms with Crippen LogP contribution in [0.15, 0.2) is 28.9 Å². The summed E-state index contributed by atoms with van der Waals surface area (Å²) in [4.78, 5) is 1.78. The molecular formula is C15H17BrF2N4OS. The molecule has 0 spiro atoms. The van der Waals surface area contributed by atoms with Crippen molar-refractivity contribution in [2.45, 2.75) is 20.1 Å². The molecule has 0 amide bonds. The van der Waals surface area contributed by atoms with E-state index in [0.29, 0.717) is 17.3 Å². The molecule has 1 aromatic carbocycles. The third-order valence-electron chi connectivity index (χ3n) is 3.34. The van der Waals surface area contributed by atoms with Gasteiger partial charge in [-0.05, 0) is 52.8 Å². The SMILES string of the molecule is Cc1ccc(OC(F)F)c(NC(=S)N(C)Cc2c(Br)cnn2C)c1. The van der Waals surface area contributed by atoms with Crippen molar-refractivity contribution in [3.05, 3.63) is 40.1 Å². The van der Waals surface area contributed by atoms with E-state index in [4.69, 9.17) is 12.2 Å². The van der Waals surface area contributed by atoms with Crippen molar-refractivity contribution in [3.8, 4) is 5.75 Å². The Morgan fingerprint density at radius 3 is 2.79 bits per heavy atom. The number of nitrogens with one attached hydrogen (secondary N) is 1. The van der Waals surface area contributed by atoms with Crippen LogP contribution in [0, 0.1) is 6.92 Å². The molecule has 0 saturated carbocycles. The molecule has 1 aromatic heterocycles. The number of rotatable bonds is 5. The highest BCUT2D eigenvalue weighted by atomic mass is 79.9. The van der Waals surface area contributed by atoms with Crippen molar-refractivity contribution < 1.29 is 13.5 Å². The van der Waals surface area contributed by atoms with E-state index in [0.717, 1.165) is 15.7 Å². The molecular weight excluding hydrogens is 402 g/mol. The fraction of sp³-hybridized carbons (Fsp3) is 0.333. The highest BCUT2D eigenvalue weighted by Gasteiger charge is 2.15. The number of hydrogen-bond donors (Lipinski definition) is 1. The Morgan fingerprint density at radius 1 is 1.50 bits per heavy atom. The van der Waals surface area contributed by atoms with E-state index in [1.807, 2.05) is 14.0 Å². The van der Waals surface area contributed by atoms with Gasteiger partial charge in [0.15, 0.2) is 5.11 Å². The first-order valence-corrected chi connectivity index (χ1v) is 8.22. The first-order valence-electron chi connectivity index (χ1n) is 7.02. The number of alkyl halides is 2. The zero-order valence-corrected chi connectivity index (χ0v) is 15.8. The van der Waals surface area contributed by atoms with Crippen molar-refractivity contribution in [2.75, 3.05) is 12.4 Å². The van der Waals surface area contributed by atoms with E-state index in [-0.39, 0.29) is 5.75 Å². The van der Waals surface area contributed by atoms with E-state index in [1.54, 1.807) is 35.0 Å². The third kappa shape index (κ3) is 4.64. The summed E-state index contributed by atoms with van der Waals surface area (Å²) < 4.78 is 32.2. The molecule has 24 heavy (non-hydrogen) atoms. The highest BCUT2D eigenvalue weighted by molar-refractivity contribution is 9.10. The van der Waals surface area contributed by atoms with Gasteiger partial charge >= 0.3 is 6.61 Å². The van der Waals surface area contributed by atoms with Gasteiger partial charge in [0.2, 0.25) is 0 Å². The average molecular weight is 419 g/mol. The van der Waals surface area contributed by atoms with Gasteiger partial charge in [-0.25, -0.2) is 0 Å². The number of anilines is 1. The smallest absolute Gasteiger partial charge is 0.387 e. The summed E-state index contributed by atoms with van der Waals surface area (Å²) in [6.07, 6.45) is 1.70. The van der Waals surface area contributed by atoms with Crippen LogP contribution in [0.4, 0.5) is 14.5 Å². The molecule has 0 unspecified atom stereocenters. The maximum Gasteiger partial charge on any atom is 0.387 e. The fourth-order valence-electron chi connectivity index (χ4n) is 2.06. The Kier molecular flexibility index (Phi) is 6.11. The van der Waals surface area contributed by atoms with E-state index >= 15 is 0 Å². The first-order chi connectivity index (χ1) is 11.3. The number of halogens is 3. The molecule has 0 saturated heterocycles. The van der Waals surface area contributed by atoms with Crippen LogP contribution >= 0.6 is 28.1 Å². The molecule has 0 atom stereocenters. The Balaban J connectivity index is 2.12. The van der Waals surface area contributed by atoms with Gasteiger partial charge in [-0.3, -0.25) is 4.68 Å². The fourth-order valence-corrected chi connectivity index (χ4v) is 2.71. The quantitative estimate of drug-likeness (QED) is 0.745. The number of hydrogen-bond acceptors (Lipinski definition) is 3. The maximum atomic E-state index is 12.5. The number of aryl methyl sites for hydroxylation is 2. The predicted octanol–water partition coefficient (Wildman–Crippen LogP) is 3.92. The molecule has 0 aliphatic carbocycles. The second kappa shape index (κ2) is 7.89. The lowest BCUT2D eigenvalue weighted by atomic mass is 10.2. The number of aromatic nitrogens is 2. The lowest BCUT2D eigenvalue weighted by Crippen LogP contribution is -2.31. The van der Waals surface area contributed by atoms with Crippen molar-refractivity contribution in [2.24, 2.45) is 7.05 Å². The summed E-state index contributed by atoms with van der Waals surface area (Å²) in [6, 6.07) is 4.89. The van der Waals surface area contributed by atoms with E-state index in [9.17, 15) is 8.78 Å². The minimum Gasteiger partial charge on any atom is -0.433 e. The number of thiocarbonyl (C=S) groups is 1. The van der Waals surface area contributed by atoms with Crippen LogP contribution in [0.25, 0.3) is 0 Å². The van der Waals surface area contributed by atoms with Crippen molar-refractivity contribution in [1.82, 2.24) is 14.7 Å². The minimum atomic E-state index is -2.90. The van der Waals surface area contributed by atoms with Crippen molar-refractivity contribution in [3.63, 3.8) is 0 Å². The first kappa shape index (κ1) is 18.6. The Bertz CT molecular complexity index is 719. The van der Waals surface area contributed by atoms with Crippen LogP contribution in [-0.4, -0.2) is 33.5 Å². The summed E-state index contributed by atoms with van der Waals surface area (Å²) in [5.41, 5.74) is 2.24. The third-order valence-corrected chi connectivity index (χ3v) is 4.41. The Labute approximate surface area is 152 Å². The molecule has 2 aromatic rings. The lowest BCUT2D eigenvalue weighted by molar-refractivity contribution is -0.0493. The minimum absolute atomic E-state index is 0.0491. The van der Waals surface area contributed by atoms with Gasteiger partial charge in [-0.1, -0.05) is 6.07 Å². The largest absolute Gasteiger partial charge is 0.433 e. The molecule has 0 aliphatic heterocycles. The van der Waals surface area contributed by atoms with Crippen molar-refractivity contribution in [1.29, 1.82) is 0 Å². The molecule has 0 bridgehead atoms. The molecule has 0 aliphatic rings. The van der Waals surface area contributed by atoms with Gasteiger partial charge in [-0.15, -0.1) is 0 Å². The average Bonchev–Trinajstić information content (AvgIpc) is 2.81. The van der Waals surface area contributed by atoms with E-state index in [1.165, 1.54) is 6.07 Å². The second-order valence-corrected chi connectivity index (χ2v) is 6.47. The topological polar surface area (TPSA) is 42.3 Å². The number of nitrogens with zero attached hydrogens (tertiary/aromatic N) is 3. The monoisotopic (exact) mass is 418 g/mol. The van der Waals surface area contributed by atoms with Gasteiger partial charge in [-0.2, -0.15) is 13.9 Å². The van der Waals surface area contributed by atoms with Crippen molar-refractivity contribution >= 4 is 38.9 Å². The van der Waals surface area contributed by atoms with Crippen LogP contribution in [0.5, 0.6) is 5.75 Å². The van der Waals surface area contributed by atoms with Gasteiger partial charge in [0.25, 0.3) is 0 Å². The van der Waals surface area contributed by atoms with E-state index < -0.39 is 6.61 Å². The molecule has 130 valence electrons. The van der Waals surface area contributed by atoms with Gasteiger partial charge in [0.05, 0.1) is 28.6 Å². The molecule has 1 N–H and O–H groups in total. The van der Waals surface area contributed by atoms with Crippen LogP contribution in [0.2, 0.25) is 0 Å². The van der Waals surface area contributed by atoms with Crippen LogP contribution in [0.1, 0.15) is 11.3 Å². The standard InChI is InChI=1S/C15H17BrF2N4OS/c1-9-4-5-13(23-14(17)18)11(6-9)20-15(24)21(2)8-12-10(16)7-19-22(12)3/h4-7,14H,8H2,1-3H3,(H,20,24). The predicted molar refractivity (Wildman–Crippen MR) is 96.4 cm³/mol. The molecule has 2 rings (SSSR count). The maximum absolute atomic E-state index is 12.5. The molecule has 0 radical (unpaired) electrons. The number of ether oxygens (including phenoxy) is 1. The molecule has 9 heteroatoms. The van der Waals surface area contributed by atoms with Crippen LogP contribution in [-0.2, 0) is 13.6 Å². The molecule has 5 nitrogen and oxygen atoms in total. The van der Waals surface area contributed by atoms with E-state index in [2.05, 4.69) is 31.1 Å². The van der Waals surface area contributed by atoms with Gasteiger partial charge in [0.1, 0.15) is 5.75 Å². The Morgan fingerprint density at radius 2 is 2.21 bits per heavy atom. The normalized spacial score (nSPS) is 10.8. The van der Waals surface area contributed by atoms with Crippen LogP contribution < -0.4 is 10.1 Å². The summed E-state index contributed by atoms with van der Waals surface area (Å²) >= 11 is 8.79. The highest BCUT2D eigenvalue weighted by Crippen LogP contribution is 2.27. The summed E-state index contributed by atoms with van der Waals surface area (Å²) in [5, 5.41) is 7.49. The zero-order chi connectivity index (χ0) is 17.9. The second-order valence-electron chi connectivity index (χ2n) is 5.23. The van der Waals surface area contributed by atoms with Gasteiger partial charge in [0, 0.05) is 14.1 Å². The zero-order valence-electron chi connectivity index (χ0n) is 13.4. The van der Waals surface area contributed by atoms with Gasteiger partial charge < -0.3 is 15.0 Å². The van der Waals surface area contributed by atoms with Crippen LogP contribution in [0.3, 0.4) is 0 Å². The molecule has 1 heterocycles. The number of benzene rings is 1. The summed E-state index contributed by atoms with van der Waals surface area (Å²) in [7, 11) is 3.64.